The minimum Gasteiger partial charge on any atom is -0.444 e. The van der Waals surface area contributed by atoms with Crippen molar-refractivity contribution in [3.63, 3.8) is 0 Å². The molecule has 2 heterocycles. The molecule has 6 rings (SSSR count). The van der Waals surface area contributed by atoms with Crippen LogP contribution in [0.3, 0.4) is 0 Å². The lowest BCUT2D eigenvalue weighted by molar-refractivity contribution is 0.0218. The smallest absolute Gasteiger partial charge is 0.410 e. The monoisotopic (exact) mass is 469 g/mol. The number of hydrogen-bond donors (Lipinski definition) is 1. The Morgan fingerprint density at radius 1 is 1.00 bits per heavy atom. The van der Waals surface area contributed by atoms with Crippen LogP contribution in [0.1, 0.15) is 93.3 Å². The second kappa shape index (κ2) is 8.25. The lowest BCUT2D eigenvalue weighted by Crippen LogP contribution is -2.36. The zero-order valence-electron chi connectivity index (χ0n) is 21.2. The molecule has 1 aromatic heterocycles. The minimum absolute atomic E-state index is 0.0663. The molecule has 1 amide bonds. The van der Waals surface area contributed by atoms with Crippen LogP contribution in [-0.2, 0) is 4.74 Å². The van der Waals surface area contributed by atoms with Gasteiger partial charge in [-0.25, -0.2) is 9.78 Å². The highest BCUT2D eigenvalue weighted by Gasteiger charge is 2.39. The molecule has 1 aliphatic heterocycles. The lowest BCUT2D eigenvalue weighted by atomic mass is 9.83. The Balaban J connectivity index is 1.24. The van der Waals surface area contributed by atoms with Gasteiger partial charge in [-0.2, -0.15) is 0 Å². The van der Waals surface area contributed by atoms with E-state index < -0.39 is 5.60 Å². The predicted octanol–water partition coefficient (Wildman–Crippen LogP) is 7.49. The summed E-state index contributed by atoms with van der Waals surface area (Å²) in [5, 5.41) is 0. The quantitative estimate of drug-likeness (QED) is 0.432. The minimum atomic E-state index is -0.503. The van der Waals surface area contributed by atoms with Crippen LogP contribution in [0.25, 0.3) is 22.4 Å². The van der Waals surface area contributed by atoms with Gasteiger partial charge in [-0.15, -0.1) is 0 Å². The molecule has 1 saturated heterocycles. The predicted molar refractivity (Wildman–Crippen MR) is 138 cm³/mol. The van der Waals surface area contributed by atoms with Crippen LogP contribution in [0.15, 0.2) is 42.6 Å². The molecule has 1 saturated carbocycles. The first-order valence-electron chi connectivity index (χ1n) is 13.1. The maximum absolute atomic E-state index is 12.7. The average molecular weight is 470 g/mol. The lowest BCUT2D eigenvalue weighted by Gasteiger charge is -2.27. The molecule has 3 aromatic rings. The van der Waals surface area contributed by atoms with Gasteiger partial charge >= 0.3 is 6.09 Å². The highest BCUT2D eigenvalue weighted by molar-refractivity contribution is 5.75. The summed E-state index contributed by atoms with van der Waals surface area (Å²) in [7, 11) is 0. The molecule has 182 valence electrons. The van der Waals surface area contributed by atoms with Crippen LogP contribution < -0.4 is 0 Å². The molecule has 3 aliphatic rings. The van der Waals surface area contributed by atoms with E-state index >= 15 is 0 Å². The standard InChI is InChI=1S/C30H35N3O2/c1-18-7-14-23(27-22-13-12-21(16-22)26(18)27)19-8-10-20(11-9-19)24-17-31-28(32-24)25-6-5-15-33(25)29(34)35-30(2,3)4/h7-11,14,17,21-22,25H,5-6,12-13,15-16H2,1-4H3,(H,31,32)/t21?,22?,25-/m0/s1. The Hall–Kier alpha value is -3.08. The maximum Gasteiger partial charge on any atom is 0.410 e. The van der Waals surface area contributed by atoms with Gasteiger partial charge in [0, 0.05) is 6.54 Å². The number of fused-ring (bicyclic) bond motifs is 5. The Morgan fingerprint density at radius 3 is 2.46 bits per heavy atom. The molecular formula is C30H35N3O2. The Labute approximate surface area is 207 Å². The number of carbonyl (C=O) groups excluding carboxylic acids is 1. The number of likely N-dealkylation sites (tertiary alicyclic amines) is 1. The number of H-pyrrole nitrogens is 1. The fourth-order valence-electron chi connectivity index (χ4n) is 6.56. The van der Waals surface area contributed by atoms with Crippen LogP contribution >= 0.6 is 0 Å². The van der Waals surface area contributed by atoms with Crippen molar-refractivity contribution in [3.8, 4) is 22.4 Å². The number of imidazole rings is 1. The van der Waals surface area contributed by atoms with Crippen molar-refractivity contribution >= 4 is 6.09 Å². The number of aromatic nitrogens is 2. The molecule has 2 fully saturated rings. The summed E-state index contributed by atoms with van der Waals surface area (Å²) in [6, 6.07) is 13.4. The third kappa shape index (κ3) is 3.95. The van der Waals surface area contributed by atoms with Gasteiger partial charge < -0.3 is 9.72 Å². The number of aryl methyl sites for hydroxylation is 1. The topological polar surface area (TPSA) is 58.2 Å². The van der Waals surface area contributed by atoms with E-state index in [1.54, 1.807) is 11.1 Å². The highest BCUT2D eigenvalue weighted by Crippen LogP contribution is 2.56. The second-order valence-corrected chi connectivity index (χ2v) is 11.6. The van der Waals surface area contributed by atoms with Gasteiger partial charge in [0.25, 0.3) is 0 Å². The number of hydrogen-bond acceptors (Lipinski definition) is 3. The maximum atomic E-state index is 12.7. The molecular weight excluding hydrogens is 434 g/mol. The van der Waals surface area contributed by atoms with Crippen molar-refractivity contribution in [3.05, 3.63) is 65.1 Å². The third-order valence-electron chi connectivity index (χ3n) is 8.05. The van der Waals surface area contributed by atoms with Crippen LogP contribution in [0, 0.1) is 6.92 Å². The van der Waals surface area contributed by atoms with E-state index in [1.807, 2.05) is 31.9 Å². The first-order valence-corrected chi connectivity index (χ1v) is 13.1. The highest BCUT2D eigenvalue weighted by atomic mass is 16.6. The normalized spacial score (nSPS) is 23.1. The number of ether oxygens (including phenoxy) is 1. The van der Waals surface area contributed by atoms with Gasteiger partial charge in [-0.3, -0.25) is 4.90 Å². The molecule has 5 nitrogen and oxygen atoms in total. The van der Waals surface area contributed by atoms with E-state index in [4.69, 9.17) is 4.74 Å². The molecule has 35 heavy (non-hydrogen) atoms. The second-order valence-electron chi connectivity index (χ2n) is 11.6. The zero-order chi connectivity index (χ0) is 24.3. The van der Waals surface area contributed by atoms with Crippen molar-refractivity contribution in [1.82, 2.24) is 14.9 Å². The number of rotatable bonds is 3. The summed E-state index contributed by atoms with van der Waals surface area (Å²) in [5.74, 6) is 2.34. The van der Waals surface area contributed by atoms with Crippen LogP contribution in [0.2, 0.25) is 0 Å². The van der Waals surface area contributed by atoms with Crippen molar-refractivity contribution < 1.29 is 9.53 Å². The van der Waals surface area contributed by atoms with Gasteiger partial charge in [-0.1, -0.05) is 36.4 Å². The zero-order valence-corrected chi connectivity index (χ0v) is 21.2. The average Bonchev–Trinajstić information content (AvgIpc) is 3.62. The van der Waals surface area contributed by atoms with Gasteiger partial charge in [0.15, 0.2) is 0 Å². The van der Waals surface area contributed by atoms with Crippen LogP contribution in [0.4, 0.5) is 4.79 Å². The Morgan fingerprint density at radius 2 is 1.71 bits per heavy atom. The Bertz CT molecular complexity index is 1270. The fraction of sp³-hybridized carbons (Fsp3) is 0.467. The first kappa shape index (κ1) is 22.4. The van der Waals surface area contributed by atoms with E-state index in [1.165, 1.54) is 36.0 Å². The fourth-order valence-corrected chi connectivity index (χ4v) is 6.56. The summed E-state index contributed by atoms with van der Waals surface area (Å²) in [4.78, 5) is 22.7. The summed E-state index contributed by atoms with van der Waals surface area (Å²) in [6.07, 6.45) is 7.51. The first-order chi connectivity index (χ1) is 16.8. The van der Waals surface area contributed by atoms with E-state index in [-0.39, 0.29) is 12.1 Å². The van der Waals surface area contributed by atoms with E-state index in [0.717, 1.165) is 41.8 Å². The molecule has 3 atom stereocenters. The van der Waals surface area contributed by atoms with Gasteiger partial charge in [0.1, 0.15) is 11.4 Å². The van der Waals surface area contributed by atoms with Crippen LogP contribution in [-0.4, -0.2) is 33.1 Å². The van der Waals surface area contributed by atoms with E-state index in [0.29, 0.717) is 6.54 Å². The molecule has 0 spiro atoms. The van der Waals surface area contributed by atoms with Crippen molar-refractivity contribution in [1.29, 1.82) is 0 Å². The molecule has 5 heteroatoms. The number of aromatic amines is 1. The summed E-state index contributed by atoms with van der Waals surface area (Å²) < 4.78 is 5.62. The SMILES string of the molecule is Cc1ccc(-c2ccc(-c3cnc([C@@H]4CCCN4C(=O)OC(C)(C)C)[nH]3)cc2)c2c1C1CCC2C1. The Kier molecular flexibility index (Phi) is 5.28. The van der Waals surface area contributed by atoms with Crippen LogP contribution in [0.5, 0.6) is 0 Å². The van der Waals surface area contributed by atoms with Crippen molar-refractivity contribution in [2.24, 2.45) is 0 Å². The van der Waals surface area contributed by atoms with Gasteiger partial charge in [0.05, 0.1) is 17.9 Å². The molecule has 2 unspecified atom stereocenters. The molecule has 2 aromatic carbocycles. The molecule has 2 bridgehead atoms. The van der Waals surface area contributed by atoms with Gasteiger partial charge in [-0.05, 0) is 105 Å². The van der Waals surface area contributed by atoms with Gasteiger partial charge in [0.2, 0.25) is 0 Å². The largest absolute Gasteiger partial charge is 0.444 e. The molecule has 1 N–H and O–H groups in total. The number of benzene rings is 2. The number of carbonyl (C=O) groups is 1. The summed E-state index contributed by atoms with van der Waals surface area (Å²) >= 11 is 0. The number of amides is 1. The third-order valence-corrected chi connectivity index (χ3v) is 8.05. The van der Waals surface area contributed by atoms with Crippen molar-refractivity contribution in [2.45, 2.75) is 83.3 Å². The van der Waals surface area contributed by atoms with E-state index in [2.05, 4.69) is 53.3 Å². The summed E-state index contributed by atoms with van der Waals surface area (Å²) in [5.41, 5.74) is 9.00. The molecule has 2 aliphatic carbocycles. The van der Waals surface area contributed by atoms with E-state index in [9.17, 15) is 4.79 Å². The number of nitrogens with zero attached hydrogens (tertiary/aromatic N) is 2. The summed E-state index contributed by atoms with van der Waals surface area (Å²) in [6.45, 7) is 8.68. The van der Waals surface area contributed by atoms with Crippen molar-refractivity contribution in [2.75, 3.05) is 6.54 Å². The molecule has 0 radical (unpaired) electrons. The number of nitrogens with one attached hydrogen (secondary N) is 1.